The molecular weight excluding hydrogens is 513 g/mol. The molecule has 202 valence electrons. The summed E-state index contributed by atoms with van der Waals surface area (Å²) in [7, 11) is 1.78. The number of fused-ring (bicyclic) bond motifs is 2. The van der Waals surface area contributed by atoms with Gasteiger partial charge in [-0.2, -0.15) is 5.10 Å². The molecule has 1 N–H and O–H groups in total. The van der Waals surface area contributed by atoms with Gasteiger partial charge in [0.15, 0.2) is 17.3 Å². The largest absolute Gasteiger partial charge is 0.457 e. The number of rotatable bonds is 7. The molecule has 40 heavy (non-hydrogen) atoms. The van der Waals surface area contributed by atoms with Gasteiger partial charge < -0.3 is 19.9 Å². The van der Waals surface area contributed by atoms with E-state index < -0.39 is 5.82 Å². The summed E-state index contributed by atoms with van der Waals surface area (Å²) in [6, 6.07) is 10.6. The third-order valence-corrected chi connectivity index (χ3v) is 7.09. The van der Waals surface area contributed by atoms with Crippen LogP contribution in [0.15, 0.2) is 67.9 Å². The lowest BCUT2D eigenvalue weighted by atomic mass is 10.1. The highest BCUT2D eigenvalue weighted by Gasteiger charge is 2.28. The van der Waals surface area contributed by atoms with Crippen molar-refractivity contribution in [2.24, 2.45) is 0 Å². The number of hydrogen-bond acceptors (Lipinski definition) is 9. The molecule has 0 radical (unpaired) electrons. The lowest BCUT2D eigenvalue weighted by Gasteiger charge is -2.24. The number of ether oxygens (including phenoxy) is 1. The molecule has 1 amide bonds. The second kappa shape index (κ2) is 10.2. The highest BCUT2D eigenvalue weighted by Crippen LogP contribution is 2.33. The molecule has 12 heteroatoms. The molecule has 0 spiro atoms. The molecule has 0 unspecified atom stereocenters. The van der Waals surface area contributed by atoms with E-state index in [0.717, 1.165) is 18.8 Å². The first-order valence-electron chi connectivity index (χ1n) is 12.7. The van der Waals surface area contributed by atoms with Crippen LogP contribution in [0.5, 0.6) is 11.5 Å². The van der Waals surface area contributed by atoms with E-state index in [9.17, 15) is 4.79 Å². The van der Waals surface area contributed by atoms with Gasteiger partial charge in [-0.1, -0.05) is 6.58 Å². The van der Waals surface area contributed by atoms with Crippen LogP contribution in [0.25, 0.3) is 16.7 Å². The second-order valence-electron chi connectivity index (χ2n) is 9.50. The lowest BCUT2D eigenvalue weighted by molar-refractivity contribution is -0.126. The molecular formula is C28H26FN9O2. The number of benzene rings is 1. The maximum absolute atomic E-state index is 15.5. The fourth-order valence-corrected chi connectivity index (χ4v) is 4.78. The van der Waals surface area contributed by atoms with Crippen LogP contribution in [0.4, 0.5) is 21.7 Å². The third kappa shape index (κ3) is 4.64. The van der Waals surface area contributed by atoms with Crippen molar-refractivity contribution in [2.45, 2.75) is 19.4 Å². The van der Waals surface area contributed by atoms with Crippen molar-refractivity contribution >= 4 is 39.9 Å². The minimum Gasteiger partial charge on any atom is -0.457 e. The van der Waals surface area contributed by atoms with Gasteiger partial charge in [0, 0.05) is 38.0 Å². The number of anilines is 3. The number of hydrogen-bond donors (Lipinski definition) is 1. The third-order valence-electron chi connectivity index (χ3n) is 7.09. The minimum atomic E-state index is -0.471. The molecule has 1 aliphatic heterocycles. The van der Waals surface area contributed by atoms with Crippen molar-refractivity contribution in [3.8, 4) is 11.5 Å². The van der Waals surface area contributed by atoms with Crippen LogP contribution in [-0.4, -0.2) is 66.5 Å². The van der Waals surface area contributed by atoms with Crippen LogP contribution in [-0.2, 0) is 4.79 Å². The van der Waals surface area contributed by atoms with Gasteiger partial charge >= 0.3 is 0 Å². The first-order chi connectivity index (χ1) is 19.4. The van der Waals surface area contributed by atoms with E-state index in [4.69, 9.17) is 9.72 Å². The second-order valence-corrected chi connectivity index (χ2v) is 9.50. The fourth-order valence-electron chi connectivity index (χ4n) is 4.78. The van der Waals surface area contributed by atoms with E-state index in [1.165, 1.54) is 18.7 Å². The highest BCUT2D eigenvalue weighted by atomic mass is 19.1. The summed E-state index contributed by atoms with van der Waals surface area (Å²) in [6.45, 7) is 6.61. The number of nitrogens with zero attached hydrogens (tertiary/aromatic N) is 8. The van der Waals surface area contributed by atoms with Crippen molar-refractivity contribution in [1.82, 2.24) is 34.4 Å². The zero-order valence-electron chi connectivity index (χ0n) is 22.0. The molecule has 4 aromatic heterocycles. The molecule has 1 aliphatic rings. The minimum absolute atomic E-state index is 0.0590. The smallest absolute Gasteiger partial charge is 0.246 e. The number of nitrogens with one attached hydrogen (secondary N) is 1. The molecule has 5 aromatic rings. The summed E-state index contributed by atoms with van der Waals surface area (Å²) in [4.78, 5) is 33.5. The molecule has 1 atom stereocenters. The van der Waals surface area contributed by atoms with Crippen molar-refractivity contribution in [3.05, 3.63) is 79.3 Å². The quantitative estimate of drug-likeness (QED) is 0.303. The Morgan fingerprint density at radius 2 is 2.08 bits per heavy atom. The molecule has 6 rings (SSSR count). The zero-order valence-corrected chi connectivity index (χ0v) is 22.0. The number of pyridine rings is 2. The zero-order chi connectivity index (χ0) is 27.8. The van der Waals surface area contributed by atoms with Crippen LogP contribution in [0.3, 0.4) is 0 Å². The first-order valence-corrected chi connectivity index (χ1v) is 12.7. The van der Waals surface area contributed by atoms with Gasteiger partial charge in [0.1, 0.15) is 35.5 Å². The van der Waals surface area contributed by atoms with Gasteiger partial charge in [-0.15, -0.1) is 0 Å². The average molecular weight is 540 g/mol. The van der Waals surface area contributed by atoms with E-state index in [2.05, 4.69) is 36.8 Å². The van der Waals surface area contributed by atoms with Crippen LogP contribution >= 0.6 is 0 Å². The van der Waals surface area contributed by atoms with Crippen molar-refractivity contribution in [3.63, 3.8) is 0 Å². The fraction of sp³-hybridized carbons (Fsp3) is 0.214. The van der Waals surface area contributed by atoms with Gasteiger partial charge in [-0.25, -0.2) is 28.8 Å². The number of aromatic nitrogens is 6. The van der Waals surface area contributed by atoms with Crippen molar-refractivity contribution in [1.29, 1.82) is 0 Å². The topological polar surface area (TPSA) is 114 Å². The molecule has 0 bridgehead atoms. The monoisotopic (exact) mass is 539 g/mol. The van der Waals surface area contributed by atoms with E-state index in [-0.39, 0.29) is 17.6 Å². The Kier molecular flexibility index (Phi) is 6.42. The number of carbonyl (C=O) groups excluding carboxylic acids is 1. The molecule has 0 aliphatic carbocycles. The number of amides is 1. The summed E-state index contributed by atoms with van der Waals surface area (Å²) < 4.78 is 23.1. The van der Waals surface area contributed by atoms with E-state index >= 15 is 4.39 Å². The van der Waals surface area contributed by atoms with Gasteiger partial charge in [-0.05, 0) is 49.8 Å². The van der Waals surface area contributed by atoms with Crippen LogP contribution in [0.2, 0.25) is 0 Å². The molecule has 1 aromatic carbocycles. The van der Waals surface area contributed by atoms with Gasteiger partial charge in [0.25, 0.3) is 0 Å². The number of likely N-dealkylation sites (N-methyl/N-ethyl adjacent to an activating group) is 1. The Bertz CT molecular complexity index is 1760. The van der Waals surface area contributed by atoms with Crippen molar-refractivity contribution < 1.29 is 13.9 Å². The van der Waals surface area contributed by atoms with Gasteiger partial charge in [0.2, 0.25) is 5.91 Å². The highest BCUT2D eigenvalue weighted by molar-refractivity contribution is 5.88. The van der Waals surface area contributed by atoms with Crippen LogP contribution < -0.4 is 15.0 Å². The SMILES string of the molecule is C=CC(=O)N(C)[C@H]1CCN(c2ccc3ncnc(Nc4ccc(Oc5ccn6ncnc6c5)c(C)c4F)c3n2)C1. The summed E-state index contributed by atoms with van der Waals surface area (Å²) in [5.74, 6) is 1.43. The maximum Gasteiger partial charge on any atom is 0.246 e. The van der Waals surface area contributed by atoms with E-state index in [0.29, 0.717) is 46.1 Å². The van der Waals surface area contributed by atoms with Gasteiger partial charge in [0.05, 0.1) is 17.2 Å². The predicted molar refractivity (Wildman–Crippen MR) is 148 cm³/mol. The number of carbonyl (C=O) groups is 1. The number of halogens is 1. The standard InChI is InChI=1S/C28H26FN9O2/c1-4-25(39)36(3)18-9-11-37(14-18)23-8-6-21-27(35-23)28(32-15-30-21)34-20-5-7-22(17(2)26(20)29)40-19-10-12-38-24(13-19)31-16-33-38/h4-8,10,12-13,15-16,18H,1,9,11,14H2,2-3H3,(H,30,32,34)/t18-/m0/s1. The molecule has 5 heterocycles. The predicted octanol–water partition coefficient (Wildman–Crippen LogP) is 4.27. The maximum atomic E-state index is 15.5. The Hall–Kier alpha value is -5.13. The Morgan fingerprint density at radius 3 is 2.92 bits per heavy atom. The Morgan fingerprint density at radius 1 is 1.20 bits per heavy atom. The summed E-state index contributed by atoms with van der Waals surface area (Å²) in [6.07, 6.45) is 6.73. The van der Waals surface area contributed by atoms with Crippen LogP contribution in [0, 0.1) is 12.7 Å². The van der Waals surface area contributed by atoms with E-state index in [1.807, 2.05) is 12.1 Å². The first kappa shape index (κ1) is 25.2. The summed E-state index contributed by atoms with van der Waals surface area (Å²) >= 11 is 0. The normalized spacial score (nSPS) is 15.0. The molecule has 11 nitrogen and oxygen atoms in total. The average Bonchev–Trinajstić information content (AvgIpc) is 3.66. The Balaban J connectivity index is 1.24. The lowest BCUT2D eigenvalue weighted by Crippen LogP contribution is -2.38. The van der Waals surface area contributed by atoms with Crippen molar-refractivity contribution in [2.75, 3.05) is 30.4 Å². The Labute approximate surface area is 229 Å². The molecule has 1 saturated heterocycles. The van der Waals surface area contributed by atoms with E-state index in [1.54, 1.807) is 53.8 Å². The summed E-state index contributed by atoms with van der Waals surface area (Å²) in [5.41, 5.74) is 2.32. The summed E-state index contributed by atoms with van der Waals surface area (Å²) in [5, 5.41) is 7.15. The van der Waals surface area contributed by atoms with Crippen LogP contribution in [0.1, 0.15) is 12.0 Å². The molecule has 1 fully saturated rings. The molecule has 0 saturated carbocycles. The van der Waals surface area contributed by atoms with Gasteiger partial charge in [-0.3, -0.25) is 4.79 Å².